The minimum absolute atomic E-state index is 0.0627. The zero-order valence-corrected chi connectivity index (χ0v) is 52.5. The van der Waals surface area contributed by atoms with Gasteiger partial charge in [0.25, 0.3) is 0 Å². The van der Waals surface area contributed by atoms with Crippen LogP contribution in [0.4, 0.5) is 0 Å². The van der Waals surface area contributed by atoms with E-state index in [2.05, 4.69) is 32.9 Å². The molecular weight excluding hydrogens is 949 g/mol. The molecule has 6 heteroatoms. The van der Waals surface area contributed by atoms with E-state index in [1.54, 1.807) is 0 Å². The molecule has 0 aliphatic carbocycles. The largest absolute Gasteiger partial charge is 0.462 e. The summed E-state index contributed by atoms with van der Waals surface area (Å²) >= 11 is 0. The van der Waals surface area contributed by atoms with Gasteiger partial charge in [0.15, 0.2) is 6.10 Å². The van der Waals surface area contributed by atoms with Gasteiger partial charge in [-0.3, -0.25) is 14.4 Å². The summed E-state index contributed by atoms with van der Waals surface area (Å²) in [7, 11) is 0. The molecule has 1 unspecified atom stereocenters. The lowest BCUT2D eigenvalue weighted by atomic mass is 10.0. The van der Waals surface area contributed by atoms with Crippen molar-refractivity contribution in [2.75, 3.05) is 13.2 Å². The summed E-state index contributed by atoms with van der Waals surface area (Å²) in [5, 5.41) is 0. The lowest BCUT2D eigenvalue weighted by molar-refractivity contribution is -0.167. The molecule has 456 valence electrons. The Morgan fingerprint density at radius 2 is 0.429 bits per heavy atom. The first-order valence-electron chi connectivity index (χ1n) is 35.2. The lowest BCUT2D eigenvalue weighted by Crippen LogP contribution is -2.30. The van der Waals surface area contributed by atoms with E-state index in [9.17, 15) is 14.4 Å². The number of esters is 3. The third kappa shape index (κ3) is 64.9. The van der Waals surface area contributed by atoms with Crippen LogP contribution in [0.3, 0.4) is 0 Å². The molecule has 0 heterocycles. The highest BCUT2D eigenvalue weighted by Crippen LogP contribution is 2.19. The minimum atomic E-state index is -0.765. The van der Waals surface area contributed by atoms with Gasteiger partial charge in [-0.1, -0.05) is 354 Å². The van der Waals surface area contributed by atoms with E-state index < -0.39 is 6.10 Å². The van der Waals surface area contributed by atoms with Crippen LogP contribution in [0.15, 0.2) is 12.2 Å². The van der Waals surface area contributed by atoms with E-state index >= 15 is 0 Å². The summed E-state index contributed by atoms with van der Waals surface area (Å²) in [6, 6.07) is 0. The zero-order chi connectivity index (χ0) is 55.7. The smallest absolute Gasteiger partial charge is 0.306 e. The predicted octanol–water partition coefficient (Wildman–Crippen LogP) is 24.0. The first kappa shape index (κ1) is 75.2. The van der Waals surface area contributed by atoms with E-state index in [0.29, 0.717) is 19.3 Å². The Balaban J connectivity index is 4.19. The summed E-state index contributed by atoms with van der Waals surface area (Å²) in [6.45, 7) is 6.72. The molecule has 0 fully saturated rings. The van der Waals surface area contributed by atoms with Crippen molar-refractivity contribution in [3.05, 3.63) is 12.2 Å². The number of hydrogen-bond acceptors (Lipinski definition) is 6. The number of unbranched alkanes of at least 4 members (excludes halogenated alkanes) is 53. The van der Waals surface area contributed by atoms with Crippen LogP contribution in [-0.4, -0.2) is 37.2 Å². The Labute approximate surface area is 481 Å². The summed E-state index contributed by atoms with van der Waals surface area (Å²) in [4.78, 5) is 38.4. The Bertz CT molecular complexity index is 1200. The van der Waals surface area contributed by atoms with Crippen molar-refractivity contribution in [2.45, 2.75) is 412 Å². The van der Waals surface area contributed by atoms with Gasteiger partial charge in [0.2, 0.25) is 0 Å². The van der Waals surface area contributed by atoms with Crippen LogP contribution in [0.25, 0.3) is 0 Å². The van der Waals surface area contributed by atoms with Gasteiger partial charge in [0.1, 0.15) is 13.2 Å². The molecule has 0 aromatic rings. The standard InChI is InChI=1S/C71H136O6/c1-4-7-10-13-16-19-22-25-27-29-31-33-35-36-37-39-40-42-44-46-49-52-55-58-61-64-70(73)76-67-68(66-75-69(72)63-60-57-54-51-48-24-21-18-15-12-9-6-3)77-71(74)65-62-59-56-53-50-47-45-43-41-38-34-32-30-28-26-23-20-17-14-11-8-5-2/h29,31,68H,4-28,30,32-67H2,1-3H3/b31-29-. The van der Waals surface area contributed by atoms with E-state index in [0.717, 1.165) is 57.8 Å². The highest BCUT2D eigenvalue weighted by atomic mass is 16.6. The first-order valence-corrected chi connectivity index (χ1v) is 35.2. The van der Waals surface area contributed by atoms with E-state index in [1.807, 2.05) is 0 Å². The maximum atomic E-state index is 12.9. The van der Waals surface area contributed by atoms with Crippen molar-refractivity contribution in [2.24, 2.45) is 0 Å². The van der Waals surface area contributed by atoms with Gasteiger partial charge in [-0.25, -0.2) is 0 Å². The Morgan fingerprint density at radius 3 is 0.649 bits per heavy atom. The van der Waals surface area contributed by atoms with E-state index in [1.165, 1.54) is 308 Å². The molecule has 0 aliphatic rings. The molecule has 0 radical (unpaired) electrons. The van der Waals surface area contributed by atoms with E-state index in [-0.39, 0.29) is 31.1 Å². The number of rotatable bonds is 66. The molecule has 0 amide bonds. The monoisotopic (exact) mass is 1090 g/mol. The summed E-state index contributed by atoms with van der Waals surface area (Å²) < 4.78 is 17.0. The molecular formula is C71H136O6. The molecule has 0 saturated heterocycles. The Morgan fingerprint density at radius 1 is 0.247 bits per heavy atom. The van der Waals surface area contributed by atoms with Gasteiger partial charge < -0.3 is 14.2 Å². The molecule has 0 aromatic carbocycles. The van der Waals surface area contributed by atoms with Gasteiger partial charge in [0.05, 0.1) is 0 Å². The van der Waals surface area contributed by atoms with Crippen molar-refractivity contribution in [3.63, 3.8) is 0 Å². The molecule has 6 nitrogen and oxygen atoms in total. The fraction of sp³-hybridized carbons (Fsp3) is 0.930. The highest BCUT2D eigenvalue weighted by Gasteiger charge is 2.19. The SMILES string of the molecule is CCCCCCCCCC/C=C\CCCCCCCCCCCCCCCC(=O)OCC(COC(=O)CCCCCCCCCCCCCC)OC(=O)CCCCCCCCCCCCCCCCCCCCCCCC. The number of ether oxygens (including phenoxy) is 3. The average Bonchev–Trinajstić information content (AvgIpc) is 3.43. The normalized spacial score (nSPS) is 12.0. The summed E-state index contributed by atoms with van der Waals surface area (Å²) in [5.41, 5.74) is 0. The van der Waals surface area contributed by atoms with Crippen LogP contribution in [0.5, 0.6) is 0 Å². The van der Waals surface area contributed by atoms with E-state index in [4.69, 9.17) is 14.2 Å². The fourth-order valence-electron chi connectivity index (χ4n) is 11.0. The maximum absolute atomic E-state index is 12.9. The number of carbonyl (C=O) groups excluding carboxylic acids is 3. The van der Waals surface area contributed by atoms with Gasteiger partial charge in [0, 0.05) is 19.3 Å². The van der Waals surface area contributed by atoms with Gasteiger partial charge in [-0.15, -0.1) is 0 Å². The van der Waals surface area contributed by atoms with Gasteiger partial charge >= 0.3 is 17.9 Å². The lowest BCUT2D eigenvalue weighted by Gasteiger charge is -2.18. The van der Waals surface area contributed by atoms with Crippen LogP contribution < -0.4 is 0 Å². The van der Waals surface area contributed by atoms with Gasteiger partial charge in [-0.2, -0.15) is 0 Å². The van der Waals surface area contributed by atoms with Crippen molar-refractivity contribution in [1.29, 1.82) is 0 Å². The fourth-order valence-corrected chi connectivity index (χ4v) is 11.0. The van der Waals surface area contributed by atoms with Crippen molar-refractivity contribution < 1.29 is 28.6 Å². The first-order chi connectivity index (χ1) is 38.0. The average molecular weight is 1090 g/mol. The molecule has 0 rings (SSSR count). The number of carbonyl (C=O) groups is 3. The van der Waals surface area contributed by atoms with Crippen LogP contribution in [-0.2, 0) is 28.6 Å². The molecule has 0 aliphatic heterocycles. The van der Waals surface area contributed by atoms with Crippen LogP contribution in [0.2, 0.25) is 0 Å². The quantitative estimate of drug-likeness (QED) is 0.0261. The van der Waals surface area contributed by atoms with Crippen LogP contribution in [0.1, 0.15) is 406 Å². The van der Waals surface area contributed by atoms with Gasteiger partial charge in [-0.05, 0) is 44.9 Å². The van der Waals surface area contributed by atoms with Crippen molar-refractivity contribution in [3.8, 4) is 0 Å². The second kappa shape index (κ2) is 66.7. The molecule has 0 bridgehead atoms. The highest BCUT2D eigenvalue weighted by molar-refractivity contribution is 5.71. The topological polar surface area (TPSA) is 78.9 Å². The predicted molar refractivity (Wildman–Crippen MR) is 335 cm³/mol. The van der Waals surface area contributed by atoms with Crippen LogP contribution >= 0.6 is 0 Å². The summed E-state index contributed by atoms with van der Waals surface area (Å²) in [6.07, 6.45) is 79.6. The third-order valence-electron chi connectivity index (χ3n) is 16.3. The maximum Gasteiger partial charge on any atom is 0.306 e. The second-order valence-corrected chi connectivity index (χ2v) is 24.2. The third-order valence-corrected chi connectivity index (χ3v) is 16.3. The molecule has 77 heavy (non-hydrogen) atoms. The molecule has 0 saturated carbocycles. The van der Waals surface area contributed by atoms with Crippen LogP contribution in [0, 0.1) is 0 Å². The Kier molecular flexibility index (Phi) is 65.1. The minimum Gasteiger partial charge on any atom is -0.462 e. The number of allylic oxidation sites excluding steroid dienone is 2. The van der Waals surface area contributed by atoms with Crippen molar-refractivity contribution >= 4 is 17.9 Å². The molecule has 0 spiro atoms. The zero-order valence-electron chi connectivity index (χ0n) is 52.5. The molecule has 1 atom stereocenters. The summed E-state index contributed by atoms with van der Waals surface area (Å²) in [5.74, 6) is -0.828. The van der Waals surface area contributed by atoms with Crippen molar-refractivity contribution in [1.82, 2.24) is 0 Å². The Hall–Kier alpha value is -1.85. The second-order valence-electron chi connectivity index (χ2n) is 24.2. The molecule has 0 N–H and O–H groups in total. The number of hydrogen-bond donors (Lipinski definition) is 0. The molecule has 0 aromatic heterocycles.